The summed E-state index contributed by atoms with van der Waals surface area (Å²) in [6, 6.07) is 0. The number of amides is 1. The number of hydrogen-bond donors (Lipinski definition) is 1. The first-order chi connectivity index (χ1) is 9.54. The first-order valence-electron chi connectivity index (χ1n) is 6.38. The summed E-state index contributed by atoms with van der Waals surface area (Å²) >= 11 is 1.50. The number of rotatable bonds is 6. The Kier molecular flexibility index (Phi) is 4.73. The molecule has 6 nitrogen and oxygen atoms in total. The maximum atomic E-state index is 11.6. The van der Waals surface area contributed by atoms with Crippen LogP contribution in [-0.2, 0) is 20.7 Å². The van der Waals surface area contributed by atoms with Crippen LogP contribution in [0.2, 0.25) is 0 Å². The Balaban J connectivity index is 1.75. The molecule has 0 saturated carbocycles. The van der Waals surface area contributed by atoms with E-state index in [0.717, 1.165) is 4.96 Å². The van der Waals surface area contributed by atoms with Crippen LogP contribution in [0.3, 0.4) is 0 Å². The van der Waals surface area contributed by atoms with Crippen molar-refractivity contribution in [3.8, 4) is 0 Å². The van der Waals surface area contributed by atoms with Gasteiger partial charge in [0, 0.05) is 24.3 Å². The lowest BCUT2D eigenvalue weighted by atomic mass is 10.2. The molecular formula is C13H17N3O3S. The molecule has 2 heterocycles. The average molecular weight is 295 g/mol. The first-order valence-corrected chi connectivity index (χ1v) is 7.26. The highest BCUT2D eigenvalue weighted by Crippen LogP contribution is 2.11. The van der Waals surface area contributed by atoms with Crippen molar-refractivity contribution in [1.29, 1.82) is 0 Å². The Morgan fingerprint density at radius 2 is 2.30 bits per heavy atom. The topological polar surface area (TPSA) is 72.7 Å². The molecule has 0 unspecified atom stereocenters. The number of nitrogens with zero attached hydrogens (tertiary/aromatic N) is 2. The number of hydrogen-bond acceptors (Lipinski definition) is 5. The van der Waals surface area contributed by atoms with Gasteiger partial charge in [0.15, 0.2) is 11.6 Å². The number of fused-ring (bicyclic) bond motifs is 1. The first kappa shape index (κ1) is 14.5. The fourth-order valence-electron chi connectivity index (χ4n) is 1.58. The highest BCUT2D eigenvalue weighted by molar-refractivity contribution is 7.15. The lowest BCUT2D eigenvalue weighted by molar-refractivity contribution is -0.147. The second kappa shape index (κ2) is 6.51. The van der Waals surface area contributed by atoms with Crippen molar-refractivity contribution in [2.24, 2.45) is 5.92 Å². The van der Waals surface area contributed by atoms with E-state index in [1.807, 2.05) is 29.8 Å². The van der Waals surface area contributed by atoms with Gasteiger partial charge in [-0.3, -0.25) is 14.0 Å². The van der Waals surface area contributed by atoms with Gasteiger partial charge in [0.2, 0.25) is 0 Å². The summed E-state index contributed by atoms with van der Waals surface area (Å²) in [5.74, 6) is -0.360. The predicted octanol–water partition coefficient (Wildman–Crippen LogP) is 1.25. The summed E-state index contributed by atoms with van der Waals surface area (Å²) in [6.45, 7) is 4.33. The number of imidazole rings is 1. The van der Waals surface area contributed by atoms with Gasteiger partial charge < -0.3 is 10.1 Å². The lowest BCUT2D eigenvalue weighted by Crippen LogP contribution is -2.31. The second-order valence-electron chi connectivity index (χ2n) is 4.86. The molecule has 0 radical (unpaired) electrons. The minimum absolute atomic E-state index is 0.0753. The third-order valence-corrected chi connectivity index (χ3v) is 3.31. The van der Waals surface area contributed by atoms with E-state index in [1.54, 1.807) is 6.20 Å². The maximum absolute atomic E-state index is 11.6. The molecule has 0 aliphatic heterocycles. The van der Waals surface area contributed by atoms with Crippen LogP contribution in [0.25, 0.3) is 4.96 Å². The molecule has 0 fully saturated rings. The molecule has 0 saturated heterocycles. The zero-order chi connectivity index (χ0) is 14.5. The Labute approximate surface area is 120 Å². The predicted molar refractivity (Wildman–Crippen MR) is 75.6 cm³/mol. The van der Waals surface area contributed by atoms with Crippen LogP contribution < -0.4 is 5.32 Å². The molecule has 1 amide bonds. The molecule has 0 aliphatic rings. The van der Waals surface area contributed by atoms with Gasteiger partial charge >= 0.3 is 5.97 Å². The smallest absolute Gasteiger partial charge is 0.312 e. The molecular weight excluding hydrogens is 278 g/mol. The van der Waals surface area contributed by atoms with E-state index in [1.165, 1.54) is 11.3 Å². The van der Waals surface area contributed by atoms with Crippen LogP contribution in [0.1, 0.15) is 19.5 Å². The number of carbonyl (C=O) groups is 2. The van der Waals surface area contributed by atoms with Crippen molar-refractivity contribution < 1.29 is 14.3 Å². The number of esters is 1. The number of ether oxygens (including phenoxy) is 1. The summed E-state index contributed by atoms with van der Waals surface area (Å²) < 4.78 is 6.77. The van der Waals surface area contributed by atoms with Gasteiger partial charge in [-0.05, 0) is 5.92 Å². The fraction of sp³-hybridized carbons (Fsp3) is 0.462. The van der Waals surface area contributed by atoms with Crippen molar-refractivity contribution in [1.82, 2.24) is 14.7 Å². The molecule has 108 valence electrons. The molecule has 7 heteroatoms. The Hall–Kier alpha value is -1.89. The van der Waals surface area contributed by atoms with Crippen LogP contribution in [0.15, 0.2) is 17.8 Å². The number of thiazole rings is 1. The molecule has 1 N–H and O–H groups in total. The van der Waals surface area contributed by atoms with Gasteiger partial charge in [0.1, 0.15) is 0 Å². The van der Waals surface area contributed by atoms with E-state index in [4.69, 9.17) is 4.74 Å². The summed E-state index contributed by atoms with van der Waals surface area (Å²) in [5.41, 5.74) is 0.643. The van der Waals surface area contributed by atoms with E-state index in [0.29, 0.717) is 18.2 Å². The molecule has 0 atom stereocenters. The third-order valence-electron chi connectivity index (χ3n) is 2.54. The van der Waals surface area contributed by atoms with Gasteiger partial charge in [0.25, 0.3) is 5.91 Å². The minimum atomic E-state index is -0.449. The van der Waals surface area contributed by atoms with Crippen molar-refractivity contribution in [2.45, 2.75) is 20.3 Å². The zero-order valence-corrected chi connectivity index (χ0v) is 12.3. The standard InChI is InChI=1S/C13H17N3O3S/c1-9(2)6-14-11(17)8-19-12(18)5-10-7-16-3-4-20-13(16)15-10/h3-4,7,9H,5-6,8H2,1-2H3,(H,14,17). The lowest BCUT2D eigenvalue weighted by Gasteiger charge is -2.07. The van der Waals surface area contributed by atoms with E-state index >= 15 is 0 Å². The Morgan fingerprint density at radius 3 is 3.00 bits per heavy atom. The SMILES string of the molecule is CC(C)CNC(=O)COC(=O)Cc1cn2ccsc2n1. The summed E-state index contributed by atoms with van der Waals surface area (Å²) in [6.07, 6.45) is 3.74. The molecule has 20 heavy (non-hydrogen) atoms. The van der Waals surface area contributed by atoms with Crippen LogP contribution in [0, 0.1) is 5.92 Å². The molecule has 0 aliphatic carbocycles. The van der Waals surface area contributed by atoms with E-state index < -0.39 is 5.97 Å². The molecule has 0 bridgehead atoms. The molecule has 0 spiro atoms. The van der Waals surface area contributed by atoms with Crippen molar-refractivity contribution in [3.05, 3.63) is 23.5 Å². The van der Waals surface area contributed by atoms with Gasteiger partial charge in [-0.1, -0.05) is 13.8 Å². The van der Waals surface area contributed by atoms with Gasteiger partial charge in [-0.25, -0.2) is 4.98 Å². The normalized spacial score (nSPS) is 10.9. The van der Waals surface area contributed by atoms with Crippen molar-refractivity contribution in [3.63, 3.8) is 0 Å². The fourth-order valence-corrected chi connectivity index (χ4v) is 2.29. The van der Waals surface area contributed by atoms with Gasteiger partial charge in [-0.15, -0.1) is 11.3 Å². The third kappa shape index (κ3) is 4.06. The summed E-state index contributed by atoms with van der Waals surface area (Å²) in [5, 5.41) is 4.60. The highest BCUT2D eigenvalue weighted by Gasteiger charge is 2.11. The Morgan fingerprint density at radius 1 is 1.50 bits per heavy atom. The molecule has 2 aromatic heterocycles. The number of carbonyl (C=O) groups excluding carboxylic acids is 2. The molecule has 2 aromatic rings. The largest absolute Gasteiger partial charge is 0.455 e. The minimum Gasteiger partial charge on any atom is -0.455 e. The number of nitrogens with one attached hydrogen (secondary N) is 1. The van der Waals surface area contributed by atoms with Crippen LogP contribution in [0.5, 0.6) is 0 Å². The Bertz CT molecular complexity index is 574. The highest BCUT2D eigenvalue weighted by atomic mass is 32.1. The van der Waals surface area contributed by atoms with E-state index in [-0.39, 0.29) is 18.9 Å². The van der Waals surface area contributed by atoms with E-state index in [2.05, 4.69) is 10.3 Å². The van der Waals surface area contributed by atoms with Gasteiger partial charge in [-0.2, -0.15) is 0 Å². The van der Waals surface area contributed by atoms with E-state index in [9.17, 15) is 9.59 Å². The number of aromatic nitrogens is 2. The van der Waals surface area contributed by atoms with Gasteiger partial charge in [0.05, 0.1) is 12.1 Å². The van der Waals surface area contributed by atoms with Crippen molar-refractivity contribution in [2.75, 3.05) is 13.2 Å². The molecule has 0 aromatic carbocycles. The monoisotopic (exact) mass is 295 g/mol. The quantitative estimate of drug-likeness (QED) is 0.814. The van der Waals surface area contributed by atoms with Crippen LogP contribution >= 0.6 is 11.3 Å². The van der Waals surface area contributed by atoms with Crippen LogP contribution in [0.4, 0.5) is 0 Å². The second-order valence-corrected chi connectivity index (χ2v) is 5.73. The zero-order valence-electron chi connectivity index (χ0n) is 11.5. The van der Waals surface area contributed by atoms with Crippen LogP contribution in [-0.4, -0.2) is 34.4 Å². The molecule has 2 rings (SSSR count). The summed E-state index contributed by atoms with van der Waals surface area (Å²) in [4.78, 5) is 28.1. The average Bonchev–Trinajstić information content (AvgIpc) is 2.94. The van der Waals surface area contributed by atoms with Crippen molar-refractivity contribution >= 4 is 28.2 Å². The maximum Gasteiger partial charge on any atom is 0.312 e. The summed E-state index contributed by atoms with van der Waals surface area (Å²) in [7, 11) is 0.